The van der Waals surface area contributed by atoms with Gasteiger partial charge in [0.2, 0.25) is 0 Å². The zero-order valence-corrected chi connectivity index (χ0v) is 29.0. The summed E-state index contributed by atoms with van der Waals surface area (Å²) >= 11 is 12.1. The van der Waals surface area contributed by atoms with Gasteiger partial charge in [0.25, 0.3) is 10.0 Å². The van der Waals surface area contributed by atoms with Gasteiger partial charge in [-0.15, -0.1) is 0 Å². The zero-order valence-electron chi connectivity index (χ0n) is 26.7. The van der Waals surface area contributed by atoms with Crippen molar-refractivity contribution >= 4 is 84.0 Å². The van der Waals surface area contributed by atoms with Crippen LogP contribution in [0.2, 0.25) is 10.0 Å². The first-order valence-corrected chi connectivity index (χ1v) is 18.4. The second-order valence-corrected chi connectivity index (χ2v) is 15.1. The van der Waals surface area contributed by atoms with Crippen LogP contribution in [0, 0.1) is 17.0 Å². The summed E-state index contributed by atoms with van der Waals surface area (Å²) in [5, 5.41) is 2.40. The number of fused-ring (bicyclic) bond motifs is 2. The molecule has 6 aromatic rings. The molecule has 3 aromatic carbocycles. The summed E-state index contributed by atoms with van der Waals surface area (Å²) in [5.74, 6) is -1.41. The predicted octanol–water partition coefficient (Wildman–Crippen LogP) is 7.83. The van der Waals surface area contributed by atoms with E-state index in [1.807, 2.05) is 18.2 Å². The van der Waals surface area contributed by atoms with Gasteiger partial charge in [-0.2, -0.15) is 0 Å². The number of pyridine rings is 1. The van der Waals surface area contributed by atoms with Crippen LogP contribution in [0.3, 0.4) is 0 Å². The monoisotopic (exact) mass is 748 g/mol. The van der Waals surface area contributed by atoms with Crippen molar-refractivity contribution in [3.8, 4) is 5.82 Å². The Hall–Kier alpha value is -4.92. The second-order valence-electron chi connectivity index (χ2n) is 12.6. The number of hydrogen-bond acceptors (Lipinski definition) is 9. The Morgan fingerprint density at radius 2 is 1.69 bits per heavy atom. The molecule has 1 aliphatic heterocycles. The number of carbonyl (C=O) groups excluding carboxylic acids is 1. The topological polar surface area (TPSA) is 135 Å². The molecule has 16 heteroatoms. The van der Waals surface area contributed by atoms with Crippen LogP contribution < -0.4 is 14.9 Å². The molecule has 1 saturated carbocycles. The number of halogens is 4. The van der Waals surface area contributed by atoms with E-state index in [2.05, 4.69) is 24.9 Å². The summed E-state index contributed by atoms with van der Waals surface area (Å²) in [6, 6.07) is 15.2. The number of rotatable bonds is 7. The van der Waals surface area contributed by atoms with Gasteiger partial charge < -0.3 is 10.2 Å². The molecule has 8 rings (SSSR count). The fourth-order valence-corrected chi connectivity index (χ4v) is 8.89. The van der Waals surface area contributed by atoms with Gasteiger partial charge in [-0.1, -0.05) is 35.3 Å². The average Bonchev–Trinajstić information content (AvgIpc) is 3.72. The van der Waals surface area contributed by atoms with E-state index in [-0.39, 0.29) is 31.7 Å². The Morgan fingerprint density at radius 3 is 2.47 bits per heavy atom. The van der Waals surface area contributed by atoms with Crippen molar-refractivity contribution in [1.29, 1.82) is 0 Å². The lowest BCUT2D eigenvalue weighted by atomic mass is 9.76. The lowest BCUT2D eigenvalue weighted by Gasteiger charge is -2.39. The van der Waals surface area contributed by atoms with Crippen LogP contribution in [-0.4, -0.2) is 51.8 Å². The Labute approximate surface area is 300 Å². The zero-order chi connectivity index (χ0) is 35.5. The lowest BCUT2D eigenvalue weighted by molar-refractivity contribution is -0.126. The number of para-hydroxylation sites is 1. The number of imidazole rings is 1. The van der Waals surface area contributed by atoms with Gasteiger partial charge in [-0.25, -0.2) is 37.1 Å². The number of nitrogens with one attached hydrogen (secondary N) is 2. The van der Waals surface area contributed by atoms with Crippen LogP contribution in [0.1, 0.15) is 32.1 Å². The summed E-state index contributed by atoms with van der Waals surface area (Å²) in [5.41, 5.74) is 1.74. The van der Waals surface area contributed by atoms with E-state index >= 15 is 8.78 Å². The highest BCUT2D eigenvalue weighted by Gasteiger charge is 2.44. The van der Waals surface area contributed by atoms with Crippen molar-refractivity contribution in [3.63, 3.8) is 0 Å². The van der Waals surface area contributed by atoms with E-state index in [1.165, 1.54) is 24.5 Å². The van der Waals surface area contributed by atoms with E-state index in [9.17, 15) is 13.2 Å². The molecule has 4 heterocycles. The molecule has 51 heavy (non-hydrogen) atoms. The average molecular weight is 750 g/mol. The minimum atomic E-state index is -4.41. The van der Waals surface area contributed by atoms with Gasteiger partial charge >= 0.3 is 0 Å². The highest BCUT2D eigenvalue weighted by molar-refractivity contribution is 7.92. The van der Waals surface area contributed by atoms with Crippen molar-refractivity contribution in [3.05, 3.63) is 95.0 Å². The van der Waals surface area contributed by atoms with Gasteiger partial charge in [-0.05, 0) is 74.2 Å². The van der Waals surface area contributed by atoms with Gasteiger partial charge in [0.05, 0.1) is 32.5 Å². The molecule has 2 aliphatic rings. The first-order chi connectivity index (χ1) is 24.5. The number of nitrogens with zero attached hydrogens (tertiary/aromatic N) is 6. The van der Waals surface area contributed by atoms with E-state index in [0.29, 0.717) is 23.5 Å². The number of sulfonamides is 1. The van der Waals surface area contributed by atoms with Crippen LogP contribution in [0.4, 0.5) is 31.7 Å². The first-order valence-electron chi connectivity index (χ1n) is 16.1. The number of carbonyl (C=O) groups is 1. The summed E-state index contributed by atoms with van der Waals surface area (Å²) in [6.45, 7) is 1.53. The minimum Gasteiger partial charge on any atom is -0.370 e. The lowest BCUT2D eigenvalue weighted by Crippen LogP contribution is -2.42. The molecule has 0 bridgehead atoms. The van der Waals surface area contributed by atoms with Crippen LogP contribution >= 0.6 is 23.2 Å². The fraction of sp³-hybridized carbons (Fsp3) is 0.229. The van der Waals surface area contributed by atoms with E-state index in [0.717, 1.165) is 67.6 Å². The molecule has 2 N–H and O–H groups in total. The number of hydrogen-bond donors (Lipinski definition) is 2. The third-order valence-electron chi connectivity index (χ3n) is 9.77. The summed E-state index contributed by atoms with van der Waals surface area (Å²) < 4.78 is 61.1. The molecule has 1 saturated heterocycles. The van der Waals surface area contributed by atoms with Gasteiger partial charge in [0.15, 0.2) is 11.6 Å². The maximum atomic E-state index is 15.8. The summed E-state index contributed by atoms with van der Waals surface area (Å²) in [6.07, 6.45) is 7.16. The summed E-state index contributed by atoms with van der Waals surface area (Å²) in [4.78, 5) is 32.5. The molecular formula is C35H28Cl2F2N8O3S. The number of anilines is 4. The molecule has 0 radical (unpaired) electrons. The minimum absolute atomic E-state index is 0.00843. The quantitative estimate of drug-likeness (QED) is 0.167. The molecule has 11 nitrogen and oxygen atoms in total. The molecule has 0 atom stereocenters. The van der Waals surface area contributed by atoms with Gasteiger partial charge in [0, 0.05) is 24.9 Å². The fourth-order valence-electron chi connectivity index (χ4n) is 7.07. The predicted molar refractivity (Wildman–Crippen MR) is 192 cm³/mol. The maximum absolute atomic E-state index is 15.8. The van der Waals surface area contributed by atoms with E-state index in [1.54, 1.807) is 23.0 Å². The normalized spacial score (nSPS) is 16.0. The molecular weight excluding hydrogens is 721 g/mol. The Kier molecular flexibility index (Phi) is 8.27. The second kappa shape index (κ2) is 12.7. The van der Waals surface area contributed by atoms with Crippen LogP contribution in [0.25, 0.3) is 27.9 Å². The van der Waals surface area contributed by atoms with Crippen molar-refractivity contribution in [2.45, 2.75) is 37.0 Å². The third kappa shape index (κ3) is 5.80. The van der Waals surface area contributed by atoms with Crippen molar-refractivity contribution in [1.82, 2.24) is 24.5 Å². The Bertz CT molecular complexity index is 2490. The van der Waals surface area contributed by atoms with Gasteiger partial charge in [-0.3, -0.25) is 14.1 Å². The number of piperidine rings is 1. The van der Waals surface area contributed by atoms with Crippen molar-refractivity contribution < 1.29 is 22.0 Å². The maximum Gasteiger partial charge on any atom is 0.263 e. The van der Waals surface area contributed by atoms with Gasteiger partial charge in [0.1, 0.15) is 51.7 Å². The molecule has 260 valence electrons. The van der Waals surface area contributed by atoms with Crippen LogP contribution in [0.15, 0.2) is 78.2 Å². The molecule has 1 aliphatic carbocycles. The molecule has 1 spiro atoms. The number of aromatic nitrogens is 5. The number of ketones is 1. The highest BCUT2D eigenvalue weighted by atomic mass is 35.5. The van der Waals surface area contributed by atoms with E-state index < -0.39 is 33.0 Å². The number of benzene rings is 3. The van der Waals surface area contributed by atoms with Crippen molar-refractivity contribution in [2.75, 3.05) is 28.0 Å². The SMILES string of the molecule is O=C1CCCC12CCN(c1cccc3c1ncn3-c1ccc3ncnc(Nc4c(F)ccc(NS(=O)(=O)c5cccc(Cl)c5Cl)c4F)c3n1)CC2. The van der Waals surface area contributed by atoms with Crippen LogP contribution in [-0.2, 0) is 14.8 Å². The van der Waals surface area contributed by atoms with Crippen LogP contribution in [0.5, 0.6) is 0 Å². The number of Topliss-reactive ketones (excluding diaryl/α,β-unsaturated/α-hetero) is 1. The Balaban J connectivity index is 1.11. The smallest absolute Gasteiger partial charge is 0.263 e. The first kappa shape index (κ1) is 33.2. The molecule has 2 fully saturated rings. The van der Waals surface area contributed by atoms with E-state index in [4.69, 9.17) is 33.2 Å². The standard InChI is InChI=1S/C35H28Cl2F2N8O3S/c36-20-4-1-7-26(29(20)37)51(49,50)45-22-10-9-21(38)31(30(22)39)44-34-32-23(40-18-41-34)11-12-28(43-32)47-19-42-33-24(5-2-6-25(33)47)46-16-14-35(15-17-46)13-3-8-27(35)48/h1-2,4-7,9-12,18-19,45H,3,8,13-17H2,(H,40,41,44). The molecule has 0 unspecified atom stereocenters. The summed E-state index contributed by atoms with van der Waals surface area (Å²) in [7, 11) is -4.41. The largest absolute Gasteiger partial charge is 0.370 e. The molecule has 3 aromatic heterocycles. The third-order valence-corrected chi connectivity index (χ3v) is 12.1. The van der Waals surface area contributed by atoms with Crippen molar-refractivity contribution in [2.24, 2.45) is 5.41 Å². The molecule has 0 amide bonds. The highest BCUT2D eigenvalue weighted by Crippen LogP contribution is 2.45. The Morgan fingerprint density at radius 1 is 0.882 bits per heavy atom.